The van der Waals surface area contributed by atoms with Gasteiger partial charge in [0.15, 0.2) is 0 Å². The molecule has 0 saturated carbocycles. The Morgan fingerprint density at radius 3 is 2.14 bits per heavy atom. The predicted octanol–water partition coefficient (Wildman–Crippen LogP) is 2.34. The smallest absolute Gasteiger partial charge is 0.316 e. The average Bonchev–Trinajstić information content (AvgIpc) is 2.47. The van der Waals surface area contributed by atoms with Crippen LogP contribution in [-0.4, -0.2) is 16.9 Å². The zero-order valence-corrected chi connectivity index (χ0v) is 11.3. The molecule has 22 heavy (non-hydrogen) atoms. The second kappa shape index (κ2) is 6.35. The number of carbonyl (C=O) groups is 2. The fourth-order valence-corrected chi connectivity index (χ4v) is 1.75. The highest BCUT2D eigenvalue weighted by Crippen LogP contribution is 2.17. The van der Waals surface area contributed by atoms with Crippen LogP contribution in [0.1, 0.15) is 10.4 Å². The van der Waals surface area contributed by atoms with Crippen molar-refractivity contribution in [3.63, 3.8) is 0 Å². The number of hydrogen-bond acceptors (Lipinski definition) is 4. The van der Waals surface area contributed by atoms with Crippen molar-refractivity contribution in [2.24, 2.45) is 5.73 Å². The molecule has 112 valence electrons. The van der Waals surface area contributed by atoms with Crippen molar-refractivity contribution in [3.05, 3.63) is 64.2 Å². The number of amides is 3. The van der Waals surface area contributed by atoms with Crippen LogP contribution >= 0.6 is 0 Å². The van der Waals surface area contributed by atoms with Gasteiger partial charge in [-0.05, 0) is 30.3 Å². The Morgan fingerprint density at radius 1 is 1.00 bits per heavy atom. The number of nitrogens with zero attached hydrogens (tertiary/aromatic N) is 1. The van der Waals surface area contributed by atoms with Gasteiger partial charge in [0.25, 0.3) is 11.6 Å². The van der Waals surface area contributed by atoms with Gasteiger partial charge in [-0.3, -0.25) is 14.9 Å². The quantitative estimate of drug-likeness (QED) is 0.591. The van der Waals surface area contributed by atoms with Gasteiger partial charge in [0.2, 0.25) is 0 Å². The number of primary amides is 1. The number of nitro groups is 1. The Kier molecular flexibility index (Phi) is 4.33. The Morgan fingerprint density at radius 2 is 1.59 bits per heavy atom. The summed E-state index contributed by atoms with van der Waals surface area (Å²) in [5, 5.41) is 15.6. The highest BCUT2D eigenvalue weighted by atomic mass is 16.6. The molecule has 2 aromatic carbocycles. The van der Waals surface area contributed by atoms with Crippen LogP contribution in [0.3, 0.4) is 0 Å². The monoisotopic (exact) mass is 300 g/mol. The minimum Gasteiger partial charge on any atom is -0.351 e. The normalized spacial score (nSPS) is 9.82. The van der Waals surface area contributed by atoms with E-state index in [-0.39, 0.29) is 11.3 Å². The van der Waals surface area contributed by atoms with E-state index >= 15 is 0 Å². The molecule has 0 aromatic heterocycles. The van der Waals surface area contributed by atoms with Gasteiger partial charge in [0.05, 0.1) is 4.92 Å². The highest BCUT2D eigenvalue weighted by molar-refractivity contribution is 6.04. The maximum atomic E-state index is 12.0. The first-order valence-corrected chi connectivity index (χ1v) is 6.18. The van der Waals surface area contributed by atoms with Crippen molar-refractivity contribution in [1.82, 2.24) is 0 Å². The van der Waals surface area contributed by atoms with Gasteiger partial charge in [0, 0.05) is 29.1 Å². The Balaban J connectivity index is 2.11. The molecule has 0 aliphatic carbocycles. The van der Waals surface area contributed by atoms with Crippen LogP contribution in [0.15, 0.2) is 48.5 Å². The van der Waals surface area contributed by atoms with E-state index in [1.165, 1.54) is 30.3 Å². The number of nitrogens with one attached hydrogen (secondary N) is 2. The first kappa shape index (κ1) is 15.0. The molecule has 3 amide bonds. The van der Waals surface area contributed by atoms with E-state index in [4.69, 9.17) is 5.73 Å². The number of non-ortho nitro benzene ring substituents is 1. The van der Waals surface area contributed by atoms with Crippen LogP contribution in [0.4, 0.5) is 21.9 Å². The van der Waals surface area contributed by atoms with Crippen molar-refractivity contribution in [2.45, 2.75) is 0 Å². The van der Waals surface area contributed by atoms with Crippen molar-refractivity contribution in [3.8, 4) is 0 Å². The number of nitrogens with two attached hydrogens (primary N) is 1. The number of rotatable bonds is 4. The number of carbonyl (C=O) groups excluding carboxylic acids is 2. The Hall–Kier alpha value is -3.42. The summed E-state index contributed by atoms with van der Waals surface area (Å²) < 4.78 is 0. The van der Waals surface area contributed by atoms with E-state index < -0.39 is 16.9 Å². The molecule has 0 spiro atoms. The van der Waals surface area contributed by atoms with E-state index in [9.17, 15) is 19.7 Å². The molecule has 0 aliphatic rings. The SMILES string of the molecule is NC(=O)Nc1cccc(NC(=O)c2ccc([N+](=O)[O-])cc2)c1. The summed E-state index contributed by atoms with van der Waals surface area (Å²) in [6, 6.07) is 10.9. The van der Waals surface area contributed by atoms with Crippen LogP contribution in [0, 0.1) is 10.1 Å². The number of anilines is 2. The summed E-state index contributed by atoms with van der Waals surface area (Å²) in [7, 11) is 0. The van der Waals surface area contributed by atoms with Gasteiger partial charge in [-0.15, -0.1) is 0 Å². The molecule has 0 bridgehead atoms. The van der Waals surface area contributed by atoms with Crippen LogP contribution in [0.5, 0.6) is 0 Å². The molecular weight excluding hydrogens is 288 g/mol. The minimum atomic E-state index is -0.709. The zero-order valence-electron chi connectivity index (χ0n) is 11.3. The van der Waals surface area contributed by atoms with Crippen LogP contribution in [-0.2, 0) is 0 Å². The van der Waals surface area contributed by atoms with Gasteiger partial charge >= 0.3 is 6.03 Å². The molecule has 0 aliphatic heterocycles. The third kappa shape index (κ3) is 3.79. The molecule has 8 nitrogen and oxygen atoms in total. The molecule has 2 aromatic rings. The summed E-state index contributed by atoms with van der Waals surface area (Å²) in [5.74, 6) is -0.425. The van der Waals surface area contributed by atoms with Crippen LogP contribution in [0.25, 0.3) is 0 Å². The van der Waals surface area contributed by atoms with Gasteiger partial charge < -0.3 is 16.4 Å². The average molecular weight is 300 g/mol. The molecule has 0 radical (unpaired) electrons. The zero-order chi connectivity index (χ0) is 16.1. The van der Waals surface area contributed by atoms with Crippen molar-refractivity contribution < 1.29 is 14.5 Å². The summed E-state index contributed by atoms with van der Waals surface area (Å²) in [6.07, 6.45) is 0. The van der Waals surface area contributed by atoms with Crippen LogP contribution < -0.4 is 16.4 Å². The molecular formula is C14H12N4O4. The number of benzene rings is 2. The van der Waals surface area contributed by atoms with Crippen LogP contribution in [0.2, 0.25) is 0 Å². The van der Waals surface area contributed by atoms with E-state index in [0.29, 0.717) is 11.4 Å². The summed E-state index contributed by atoms with van der Waals surface area (Å²) in [4.78, 5) is 32.8. The standard InChI is InChI=1S/C14H12N4O4/c15-14(20)17-11-3-1-2-10(8-11)16-13(19)9-4-6-12(7-5-9)18(21)22/h1-8H,(H,16,19)(H3,15,17,20). The maximum absolute atomic E-state index is 12.0. The fourth-order valence-electron chi connectivity index (χ4n) is 1.75. The van der Waals surface area contributed by atoms with E-state index in [1.807, 2.05) is 0 Å². The van der Waals surface area contributed by atoms with Gasteiger partial charge in [0.1, 0.15) is 0 Å². The highest BCUT2D eigenvalue weighted by Gasteiger charge is 2.10. The largest absolute Gasteiger partial charge is 0.351 e. The first-order valence-electron chi connectivity index (χ1n) is 6.18. The number of nitro benzene ring substituents is 1. The van der Waals surface area contributed by atoms with E-state index in [2.05, 4.69) is 10.6 Å². The lowest BCUT2D eigenvalue weighted by atomic mass is 10.2. The van der Waals surface area contributed by atoms with Gasteiger partial charge in [-0.2, -0.15) is 0 Å². The van der Waals surface area contributed by atoms with Gasteiger partial charge in [-0.1, -0.05) is 6.07 Å². The fraction of sp³-hybridized carbons (Fsp3) is 0. The van der Waals surface area contributed by atoms with Crippen molar-refractivity contribution >= 4 is 29.0 Å². The number of hydrogen-bond donors (Lipinski definition) is 3. The molecule has 2 rings (SSSR count). The van der Waals surface area contributed by atoms with Crippen molar-refractivity contribution in [2.75, 3.05) is 10.6 Å². The van der Waals surface area contributed by atoms with E-state index in [0.717, 1.165) is 0 Å². The third-order valence-electron chi connectivity index (χ3n) is 2.73. The second-order valence-electron chi connectivity index (χ2n) is 4.33. The Labute approximate surface area is 125 Å². The molecule has 8 heteroatoms. The summed E-state index contributed by atoms with van der Waals surface area (Å²) in [6.45, 7) is 0. The topological polar surface area (TPSA) is 127 Å². The Bertz CT molecular complexity index is 728. The lowest BCUT2D eigenvalue weighted by Gasteiger charge is -2.07. The molecule has 0 fully saturated rings. The molecule has 0 saturated heterocycles. The van der Waals surface area contributed by atoms with Crippen molar-refractivity contribution in [1.29, 1.82) is 0 Å². The second-order valence-corrected chi connectivity index (χ2v) is 4.33. The lowest BCUT2D eigenvalue weighted by molar-refractivity contribution is -0.384. The molecule has 0 heterocycles. The maximum Gasteiger partial charge on any atom is 0.316 e. The van der Waals surface area contributed by atoms with E-state index in [1.54, 1.807) is 18.2 Å². The third-order valence-corrected chi connectivity index (χ3v) is 2.73. The number of urea groups is 1. The summed E-state index contributed by atoms with van der Waals surface area (Å²) in [5.41, 5.74) is 6.09. The molecule has 0 atom stereocenters. The first-order chi connectivity index (χ1) is 10.5. The minimum absolute atomic E-state index is 0.0933. The predicted molar refractivity (Wildman–Crippen MR) is 80.7 cm³/mol. The lowest BCUT2D eigenvalue weighted by Crippen LogP contribution is -2.19. The molecule has 4 N–H and O–H groups in total. The molecule has 0 unspecified atom stereocenters. The van der Waals surface area contributed by atoms with Gasteiger partial charge in [-0.25, -0.2) is 4.79 Å². The summed E-state index contributed by atoms with van der Waals surface area (Å²) >= 11 is 0.